The lowest BCUT2D eigenvalue weighted by atomic mass is 10.0. The lowest BCUT2D eigenvalue weighted by molar-refractivity contribution is -0.118. The van der Waals surface area contributed by atoms with E-state index < -0.39 is 0 Å². The van der Waals surface area contributed by atoms with Crippen molar-refractivity contribution in [2.24, 2.45) is 0 Å². The van der Waals surface area contributed by atoms with Crippen molar-refractivity contribution >= 4 is 27.5 Å². The molecule has 0 saturated carbocycles. The minimum atomic E-state index is 0.221. The maximum absolute atomic E-state index is 11.9. The molecule has 0 aliphatic carbocycles. The lowest BCUT2D eigenvalue weighted by Crippen LogP contribution is -2.35. The van der Waals surface area contributed by atoms with Gasteiger partial charge in [-0.15, -0.1) is 0 Å². The summed E-state index contributed by atoms with van der Waals surface area (Å²) in [6.45, 7) is 0.864. The number of benzene rings is 1. The largest absolute Gasteiger partial charge is 0.312 e. The Hall–Kier alpha value is -0.830. The summed E-state index contributed by atoms with van der Waals surface area (Å²) >= 11 is 3.31. The van der Waals surface area contributed by atoms with Crippen LogP contribution in [0.2, 0.25) is 0 Å². The molecule has 1 aromatic carbocycles. The minimum absolute atomic E-state index is 0.221. The Morgan fingerprint density at radius 1 is 1.40 bits per heavy atom. The van der Waals surface area contributed by atoms with E-state index in [9.17, 15) is 4.79 Å². The van der Waals surface area contributed by atoms with Crippen molar-refractivity contribution < 1.29 is 4.79 Å². The molecule has 3 heteroatoms. The molecule has 1 aromatic rings. The Labute approximate surface area is 98.4 Å². The highest BCUT2D eigenvalue weighted by Crippen LogP contribution is 2.27. The zero-order valence-corrected chi connectivity index (χ0v) is 10.2. The first-order chi connectivity index (χ1) is 7.33. The fourth-order valence-corrected chi connectivity index (χ4v) is 2.35. The molecule has 0 fully saturated rings. The average molecular weight is 268 g/mol. The Balaban J connectivity index is 2.25. The van der Waals surface area contributed by atoms with E-state index in [1.807, 2.05) is 23.1 Å². The van der Waals surface area contributed by atoms with Gasteiger partial charge in [0.2, 0.25) is 5.91 Å². The molecule has 2 rings (SSSR count). The van der Waals surface area contributed by atoms with Crippen molar-refractivity contribution in [3.05, 3.63) is 29.8 Å². The molecule has 1 aliphatic rings. The summed E-state index contributed by atoms with van der Waals surface area (Å²) in [6.07, 6.45) is 2.74. The van der Waals surface area contributed by atoms with Crippen LogP contribution >= 0.6 is 15.9 Å². The van der Waals surface area contributed by atoms with E-state index in [1.54, 1.807) is 0 Å². The zero-order chi connectivity index (χ0) is 10.7. The van der Waals surface area contributed by atoms with Crippen LogP contribution in [0, 0.1) is 0 Å². The van der Waals surface area contributed by atoms with E-state index in [4.69, 9.17) is 0 Å². The second-order valence-electron chi connectivity index (χ2n) is 3.72. The molecule has 80 valence electrons. The molecule has 0 saturated heterocycles. The third-order valence-corrected chi connectivity index (χ3v) is 3.12. The van der Waals surface area contributed by atoms with Gasteiger partial charge in [-0.2, -0.15) is 0 Å². The first-order valence-corrected chi connectivity index (χ1v) is 6.39. The summed E-state index contributed by atoms with van der Waals surface area (Å²) in [4.78, 5) is 13.8. The highest BCUT2D eigenvalue weighted by molar-refractivity contribution is 9.09. The summed E-state index contributed by atoms with van der Waals surface area (Å²) in [7, 11) is 0. The quantitative estimate of drug-likeness (QED) is 0.755. The molecule has 0 bridgehead atoms. The SMILES string of the molecule is O=C(CCBr)N1CCCc2ccccc21. The predicted octanol–water partition coefficient (Wildman–Crippen LogP) is 2.75. The van der Waals surface area contributed by atoms with Crippen molar-refractivity contribution in [3.63, 3.8) is 0 Å². The van der Waals surface area contributed by atoms with Gasteiger partial charge in [-0.1, -0.05) is 34.1 Å². The van der Waals surface area contributed by atoms with Crippen LogP contribution < -0.4 is 4.90 Å². The Morgan fingerprint density at radius 3 is 3.00 bits per heavy atom. The van der Waals surface area contributed by atoms with Gasteiger partial charge >= 0.3 is 0 Å². The number of hydrogen-bond acceptors (Lipinski definition) is 1. The number of anilines is 1. The lowest BCUT2D eigenvalue weighted by Gasteiger charge is -2.29. The number of alkyl halides is 1. The number of aryl methyl sites for hydroxylation is 1. The van der Waals surface area contributed by atoms with Crippen LogP contribution in [0.5, 0.6) is 0 Å². The summed E-state index contributed by atoms with van der Waals surface area (Å²) in [6, 6.07) is 8.19. The van der Waals surface area contributed by atoms with Gasteiger partial charge in [-0.05, 0) is 24.5 Å². The zero-order valence-electron chi connectivity index (χ0n) is 8.58. The smallest absolute Gasteiger partial charge is 0.227 e. The first kappa shape index (κ1) is 10.7. The molecular weight excluding hydrogens is 254 g/mol. The van der Waals surface area contributed by atoms with Gasteiger partial charge in [0.05, 0.1) is 0 Å². The van der Waals surface area contributed by atoms with E-state index in [-0.39, 0.29) is 5.91 Å². The van der Waals surface area contributed by atoms with Crippen LogP contribution in [0.1, 0.15) is 18.4 Å². The Morgan fingerprint density at radius 2 is 2.20 bits per heavy atom. The highest BCUT2D eigenvalue weighted by atomic mass is 79.9. The second-order valence-corrected chi connectivity index (χ2v) is 4.51. The number of halogens is 1. The summed E-state index contributed by atoms with van der Waals surface area (Å²) in [5.41, 5.74) is 2.40. The first-order valence-electron chi connectivity index (χ1n) is 5.27. The second kappa shape index (κ2) is 4.79. The van der Waals surface area contributed by atoms with Crippen LogP contribution in [0.3, 0.4) is 0 Å². The maximum atomic E-state index is 11.9. The van der Waals surface area contributed by atoms with Crippen LogP contribution in [-0.2, 0) is 11.2 Å². The summed E-state index contributed by atoms with van der Waals surface area (Å²) in [5.74, 6) is 0.221. The molecule has 0 unspecified atom stereocenters. The summed E-state index contributed by atoms with van der Waals surface area (Å²) < 4.78 is 0. The number of carbonyl (C=O) groups is 1. The van der Waals surface area contributed by atoms with Crippen LogP contribution in [-0.4, -0.2) is 17.8 Å². The van der Waals surface area contributed by atoms with Crippen LogP contribution in [0.25, 0.3) is 0 Å². The number of nitrogens with zero attached hydrogens (tertiary/aromatic N) is 1. The Kier molecular flexibility index (Phi) is 3.41. The number of para-hydroxylation sites is 1. The number of fused-ring (bicyclic) bond motifs is 1. The monoisotopic (exact) mass is 267 g/mol. The molecule has 0 atom stereocenters. The van der Waals surface area contributed by atoms with Gasteiger partial charge < -0.3 is 4.90 Å². The van der Waals surface area contributed by atoms with Crippen molar-refractivity contribution in [3.8, 4) is 0 Å². The maximum Gasteiger partial charge on any atom is 0.227 e. The van der Waals surface area contributed by atoms with Crippen molar-refractivity contribution in [2.45, 2.75) is 19.3 Å². The van der Waals surface area contributed by atoms with E-state index in [1.165, 1.54) is 5.56 Å². The Bertz CT molecular complexity index is 364. The van der Waals surface area contributed by atoms with Gasteiger partial charge in [0.25, 0.3) is 0 Å². The fraction of sp³-hybridized carbons (Fsp3) is 0.417. The normalized spacial score (nSPS) is 14.9. The van der Waals surface area contributed by atoms with Crippen molar-refractivity contribution in [1.82, 2.24) is 0 Å². The number of hydrogen-bond donors (Lipinski definition) is 0. The molecular formula is C12H14BrNO. The average Bonchev–Trinajstić information content (AvgIpc) is 2.28. The standard InChI is InChI=1S/C12H14BrNO/c13-8-7-12(15)14-9-3-5-10-4-1-2-6-11(10)14/h1-2,4,6H,3,5,7-9H2. The number of rotatable bonds is 2. The molecule has 0 aromatic heterocycles. The molecule has 0 radical (unpaired) electrons. The third-order valence-electron chi connectivity index (χ3n) is 2.72. The van der Waals surface area contributed by atoms with Crippen molar-refractivity contribution in [1.29, 1.82) is 0 Å². The van der Waals surface area contributed by atoms with Crippen LogP contribution in [0.15, 0.2) is 24.3 Å². The molecule has 2 nitrogen and oxygen atoms in total. The molecule has 1 amide bonds. The minimum Gasteiger partial charge on any atom is -0.312 e. The predicted molar refractivity (Wildman–Crippen MR) is 65.5 cm³/mol. The molecule has 15 heavy (non-hydrogen) atoms. The van der Waals surface area contributed by atoms with E-state index in [2.05, 4.69) is 22.0 Å². The molecule has 1 aliphatic heterocycles. The van der Waals surface area contributed by atoms with Gasteiger partial charge in [0.1, 0.15) is 0 Å². The van der Waals surface area contributed by atoms with Gasteiger partial charge in [0, 0.05) is 24.0 Å². The fourth-order valence-electron chi connectivity index (χ4n) is 2.01. The van der Waals surface area contributed by atoms with E-state index in [0.29, 0.717) is 6.42 Å². The van der Waals surface area contributed by atoms with Crippen LogP contribution in [0.4, 0.5) is 5.69 Å². The van der Waals surface area contributed by atoms with Gasteiger partial charge in [0.15, 0.2) is 0 Å². The van der Waals surface area contributed by atoms with Gasteiger partial charge in [-0.3, -0.25) is 4.79 Å². The van der Waals surface area contributed by atoms with Crippen molar-refractivity contribution in [2.75, 3.05) is 16.8 Å². The molecule has 0 N–H and O–H groups in total. The molecule has 1 heterocycles. The number of carbonyl (C=O) groups excluding carboxylic acids is 1. The van der Waals surface area contributed by atoms with Gasteiger partial charge in [-0.25, -0.2) is 0 Å². The number of amides is 1. The van der Waals surface area contributed by atoms with E-state index in [0.717, 1.165) is 30.4 Å². The topological polar surface area (TPSA) is 20.3 Å². The summed E-state index contributed by atoms with van der Waals surface area (Å²) in [5, 5.41) is 0.741. The van der Waals surface area contributed by atoms with E-state index >= 15 is 0 Å². The molecule has 0 spiro atoms. The highest BCUT2D eigenvalue weighted by Gasteiger charge is 2.20. The third kappa shape index (κ3) is 2.23.